The summed E-state index contributed by atoms with van der Waals surface area (Å²) in [5, 5.41) is 6.05. The van der Waals surface area contributed by atoms with Gasteiger partial charge in [0.2, 0.25) is 11.8 Å². The van der Waals surface area contributed by atoms with Crippen molar-refractivity contribution < 1.29 is 9.59 Å². The summed E-state index contributed by atoms with van der Waals surface area (Å²) >= 11 is 0. The van der Waals surface area contributed by atoms with Crippen LogP contribution in [0, 0.1) is 13.8 Å². The molecular formula is C27H31N3O2. The molecule has 0 aliphatic carbocycles. The molecule has 5 nitrogen and oxygen atoms in total. The van der Waals surface area contributed by atoms with E-state index in [1.165, 1.54) is 0 Å². The second-order valence-corrected chi connectivity index (χ2v) is 8.09. The van der Waals surface area contributed by atoms with Crippen LogP contribution in [0.15, 0.2) is 72.8 Å². The van der Waals surface area contributed by atoms with Gasteiger partial charge >= 0.3 is 0 Å². The molecule has 3 rings (SSSR count). The number of hydrogen-bond donors (Lipinski definition) is 2. The molecule has 2 N–H and O–H groups in total. The highest BCUT2D eigenvalue weighted by atomic mass is 16.2. The summed E-state index contributed by atoms with van der Waals surface area (Å²) in [6.07, 6.45) is 0.831. The minimum Gasteiger partial charge on any atom is -0.325 e. The average molecular weight is 430 g/mol. The van der Waals surface area contributed by atoms with Crippen LogP contribution in [0.25, 0.3) is 0 Å². The number of amides is 2. The van der Waals surface area contributed by atoms with Crippen LogP contribution in [0.2, 0.25) is 0 Å². The number of nitrogens with one attached hydrogen (secondary N) is 2. The lowest BCUT2D eigenvalue weighted by Crippen LogP contribution is -2.39. The third-order valence-electron chi connectivity index (χ3n) is 5.52. The fraction of sp³-hybridized carbons (Fsp3) is 0.259. The number of anilines is 2. The third kappa shape index (κ3) is 5.83. The molecule has 2 amide bonds. The van der Waals surface area contributed by atoms with Gasteiger partial charge < -0.3 is 10.6 Å². The normalized spacial score (nSPS) is 11.8. The van der Waals surface area contributed by atoms with Crippen LogP contribution in [-0.2, 0) is 16.0 Å². The minimum atomic E-state index is -0.608. The smallest absolute Gasteiger partial charge is 0.246 e. The summed E-state index contributed by atoms with van der Waals surface area (Å²) in [7, 11) is 1.80. The highest BCUT2D eigenvalue weighted by Gasteiger charge is 2.27. The predicted octanol–water partition coefficient (Wildman–Crippen LogP) is 5.12. The van der Waals surface area contributed by atoms with E-state index < -0.39 is 6.04 Å². The van der Waals surface area contributed by atoms with Crippen molar-refractivity contribution >= 4 is 23.2 Å². The zero-order valence-electron chi connectivity index (χ0n) is 19.2. The van der Waals surface area contributed by atoms with Crippen LogP contribution in [0.1, 0.15) is 35.2 Å². The van der Waals surface area contributed by atoms with Crippen molar-refractivity contribution in [1.29, 1.82) is 0 Å². The molecule has 5 heteroatoms. The number of likely N-dealkylation sites (N-methyl/N-ethyl adjacent to an activating group) is 1. The molecule has 0 saturated carbocycles. The molecule has 1 atom stereocenters. The van der Waals surface area contributed by atoms with Gasteiger partial charge in [0.1, 0.15) is 6.04 Å². The van der Waals surface area contributed by atoms with Crippen molar-refractivity contribution in [1.82, 2.24) is 4.90 Å². The van der Waals surface area contributed by atoms with Gasteiger partial charge in [-0.3, -0.25) is 14.5 Å². The number of aryl methyl sites for hydroxylation is 3. The molecule has 0 unspecified atom stereocenters. The Morgan fingerprint density at radius 1 is 0.875 bits per heavy atom. The number of carbonyl (C=O) groups excluding carboxylic acids is 2. The monoisotopic (exact) mass is 429 g/mol. The Bertz CT molecular complexity index is 1080. The molecule has 3 aromatic carbocycles. The van der Waals surface area contributed by atoms with Gasteiger partial charge in [0, 0.05) is 11.4 Å². The molecule has 0 spiro atoms. The Morgan fingerprint density at radius 2 is 1.56 bits per heavy atom. The molecular weight excluding hydrogens is 398 g/mol. The van der Waals surface area contributed by atoms with Gasteiger partial charge in [0.25, 0.3) is 0 Å². The van der Waals surface area contributed by atoms with Crippen LogP contribution < -0.4 is 10.6 Å². The van der Waals surface area contributed by atoms with E-state index >= 15 is 0 Å². The SMILES string of the molecule is CCc1ccccc1NC(=O)CN(C)[C@H](C(=O)Nc1cc(C)ccc1C)c1ccccc1. The van der Waals surface area contributed by atoms with Crippen molar-refractivity contribution in [3.05, 3.63) is 95.1 Å². The molecule has 0 heterocycles. The van der Waals surface area contributed by atoms with E-state index in [9.17, 15) is 9.59 Å². The van der Waals surface area contributed by atoms with E-state index in [2.05, 4.69) is 17.6 Å². The molecule has 0 aliphatic heterocycles. The third-order valence-corrected chi connectivity index (χ3v) is 5.52. The molecule has 0 radical (unpaired) electrons. The predicted molar refractivity (Wildman–Crippen MR) is 131 cm³/mol. The van der Waals surface area contributed by atoms with E-state index in [0.717, 1.165) is 40.0 Å². The topological polar surface area (TPSA) is 61.4 Å². The van der Waals surface area contributed by atoms with Crippen LogP contribution in [-0.4, -0.2) is 30.3 Å². The van der Waals surface area contributed by atoms with Gasteiger partial charge in [-0.25, -0.2) is 0 Å². The first-order valence-electron chi connectivity index (χ1n) is 10.9. The number of para-hydroxylation sites is 1. The fourth-order valence-corrected chi connectivity index (χ4v) is 3.77. The molecule has 3 aromatic rings. The van der Waals surface area contributed by atoms with E-state index in [0.29, 0.717) is 0 Å². The first-order valence-corrected chi connectivity index (χ1v) is 10.9. The Kier molecular flexibility index (Phi) is 7.79. The lowest BCUT2D eigenvalue weighted by Gasteiger charge is -2.27. The first kappa shape index (κ1) is 23.2. The lowest BCUT2D eigenvalue weighted by molar-refractivity contribution is -0.123. The van der Waals surface area contributed by atoms with Gasteiger partial charge in [-0.05, 0) is 61.7 Å². The number of hydrogen-bond acceptors (Lipinski definition) is 3. The highest BCUT2D eigenvalue weighted by molar-refractivity contribution is 5.97. The Balaban J connectivity index is 1.80. The molecule has 0 bridgehead atoms. The maximum absolute atomic E-state index is 13.4. The molecule has 0 saturated heterocycles. The number of benzene rings is 3. The minimum absolute atomic E-state index is 0.0812. The van der Waals surface area contributed by atoms with Gasteiger partial charge in [-0.1, -0.05) is 67.6 Å². The van der Waals surface area contributed by atoms with Crippen LogP contribution in [0.3, 0.4) is 0 Å². The largest absolute Gasteiger partial charge is 0.325 e. The fourth-order valence-electron chi connectivity index (χ4n) is 3.77. The van der Waals surface area contributed by atoms with Crippen LogP contribution >= 0.6 is 0 Å². The Hall–Kier alpha value is -3.44. The van der Waals surface area contributed by atoms with Crippen molar-refractivity contribution in [3.8, 4) is 0 Å². The molecule has 0 aliphatic rings. The van der Waals surface area contributed by atoms with Crippen LogP contribution in [0.5, 0.6) is 0 Å². The zero-order chi connectivity index (χ0) is 23.1. The van der Waals surface area contributed by atoms with Crippen molar-refractivity contribution in [2.24, 2.45) is 0 Å². The lowest BCUT2D eigenvalue weighted by atomic mass is 10.0. The van der Waals surface area contributed by atoms with E-state index in [1.54, 1.807) is 11.9 Å². The number of rotatable bonds is 8. The standard InChI is InChI=1S/C27H31N3O2/c1-5-21-11-9-10-14-23(21)28-25(31)18-30(4)26(22-12-7-6-8-13-22)27(32)29-24-17-19(2)15-16-20(24)3/h6-17,26H,5,18H2,1-4H3,(H,28,31)(H,29,32)/t26-/m0/s1. The summed E-state index contributed by atoms with van der Waals surface area (Å²) < 4.78 is 0. The van der Waals surface area contributed by atoms with Crippen molar-refractivity contribution in [2.45, 2.75) is 33.2 Å². The quantitative estimate of drug-likeness (QED) is 0.523. The van der Waals surface area contributed by atoms with Gasteiger partial charge in [0.05, 0.1) is 6.54 Å². The van der Waals surface area contributed by atoms with Crippen LogP contribution in [0.4, 0.5) is 11.4 Å². The van der Waals surface area contributed by atoms with Crippen molar-refractivity contribution in [3.63, 3.8) is 0 Å². The van der Waals surface area contributed by atoms with Gasteiger partial charge in [-0.15, -0.1) is 0 Å². The maximum Gasteiger partial charge on any atom is 0.246 e. The second-order valence-electron chi connectivity index (χ2n) is 8.09. The highest BCUT2D eigenvalue weighted by Crippen LogP contribution is 2.24. The summed E-state index contributed by atoms with van der Waals surface area (Å²) in [6.45, 7) is 6.10. The number of nitrogens with zero attached hydrogens (tertiary/aromatic N) is 1. The summed E-state index contributed by atoms with van der Waals surface area (Å²) in [5.74, 6) is -0.331. The van der Waals surface area contributed by atoms with E-state index in [1.807, 2.05) is 86.6 Å². The molecule has 0 fully saturated rings. The second kappa shape index (κ2) is 10.7. The van der Waals surface area contributed by atoms with Gasteiger partial charge in [-0.2, -0.15) is 0 Å². The van der Waals surface area contributed by atoms with E-state index in [-0.39, 0.29) is 18.4 Å². The molecule has 0 aromatic heterocycles. The van der Waals surface area contributed by atoms with Crippen molar-refractivity contribution in [2.75, 3.05) is 24.2 Å². The number of carbonyl (C=O) groups is 2. The Morgan fingerprint density at radius 3 is 2.28 bits per heavy atom. The van der Waals surface area contributed by atoms with E-state index in [4.69, 9.17) is 0 Å². The summed E-state index contributed by atoms with van der Waals surface area (Å²) in [5.41, 5.74) is 5.57. The molecule has 32 heavy (non-hydrogen) atoms. The van der Waals surface area contributed by atoms with Gasteiger partial charge in [0.15, 0.2) is 0 Å². The molecule has 166 valence electrons. The summed E-state index contributed by atoms with van der Waals surface area (Å²) in [6, 6.07) is 22.7. The first-order chi connectivity index (χ1) is 15.4. The average Bonchev–Trinajstić information content (AvgIpc) is 2.77. The Labute approximate surface area is 190 Å². The summed E-state index contributed by atoms with van der Waals surface area (Å²) in [4.78, 5) is 28.0. The maximum atomic E-state index is 13.4. The zero-order valence-corrected chi connectivity index (χ0v) is 19.2.